The Morgan fingerprint density at radius 2 is 1.78 bits per heavy atom. The van der Waals surface area contributed by atoms with Gasteiger partial charge in [0.1, 0.15) is 11.5 Å². The van der Waals surface area contributed by atoms with E-state index in [4.69, 9.17) is 14.2 Å². The van der Waals surface area contributed by atoms with Crippen molar-refractivity contribution in [1.82, 2.24) is 4.98 Å². The van der Waals surface area contributed by atoms with Crippen LogP contribution in [-0.4, -0.2) is 48.2 Å². The van der Waals surface area contributed by atoms with Crippen molar-refractivity contribution in [1.29, 1.82) is 0 Å². The number of aromatic nitrogens is 1. The molecular weight excluding hydrogens is 515 g/mol. The van der Waals surface area contributed by atoms with Gasteiger partial charge in [-0.15, -0.1) is 0 Å². The molecule has 3 aromatic rings. The number of hydrogen-bond acceptors (Lipinski definition) is 9. The summed E-state index contributed by atoms with van der Waals surface area (Å²) < 4.78 is 57.7. The molecule has 0 aliphatic rings. The highest BCUT2D eigenvalue weighted by Crippen LogP contribution is 2.31. The molecule has 0 amide bonds. The Morgan fingerprint density at radius 1 is 1.03 bits per heavy atom. The summed E-state index contributed by atoms with van der Waals surface area (Å²) in [5, 5.41) is 3.99. The second-order valence-corrected chi connectivity index (χ2v) is 8.87. The number of rotatable bonds is 10. The van der Waals surface area contributed by atoms with E-state index >= 15 is 0 Å². The van der Waals surface area contributed by atoms with Crippen LogP contribution in [0.3, 0.4) is 0 Å². The summed E-state index contributed by atoms with van der Waals surface area (Å²) in [5.41, 5.74) is -0.802. The van der Waals surface area contributed by atoms with Gasteiger partial charge in [0.15, 0.2) is 5.78 Å². The lowest BCUT2D eigenvalue weighted by Crippen LogP contribution is -2.43. The van der Waals surface area contributed by atoms with Crippen LogP contribution in [0.25, 0.3) is 0 Å². The summed E-state index contributed by atoms with van der Waals surface area (Å²) in [7, 11) is 1.35. The van der Waals surface area contributed by atoms with Gasteiger partial charge in [0.25, 0.3) is 0 Å². The van der Waals surface area contributed by atoms with E-state index in [0.717, 1.165) is 19.4 Å². The van der Waals surface area contributed by atoms with Gasteiger partial charge in [0.2, 0.25) is 11.5 Å². The average molecular weight is 538 g/mol. The molecule has 12 heteroatoms. The molecule has 2 heterocycles. The average Bonchev–Trinajstić information content (AvgIpc) is 3.36. The maximum atomic E-state index is 13.2. The quantitative estimate of drug-likeness (QED) is 0.207. The summed E-state index contributed by atoms with van der Waals surface area (Å²) >= 11 is 1.59. The minimum atomic E-state index is -5.37. The zero-order chi connectivity index (χ0) is 27.2. The third-order valence-corrected chi connectivity index (χ3v) is 5.66. The predicted octanol–water partition coefficient (Wildman–Crippen LogP) is 4.79. The molecule has 0 aliphatic carbocycles. The third-order valence-electron chi connectivity index (χ3n) is 4.93. The number of thiophene rings is 1. The molecule has 0 spiro atoms. The molecule has 8 nitrogen and oxygen atoms in total. The van der Waals surface area contributed by atoms with E-state index in [1.54, 1.807) is 11.3 Å². The summed E-state index contributed by atoms with van der Waals surface area (Å²) in [6.45, 7) is 2.59. The highest BCUT2D eigenvalue weighted by atomic mass is 32.1. The number of carbonyl (C=O) groups excluding carboxylic acids is 3. The van der Waals surface area contributed by atoms with Gasteiger partial charge in [0.05, 0.1) is 19.3 Å². The van der Waals surface area contributed by atoms with Crippen LogP contribution in [0.1, 0.15) is 35.3 Å². The monoisotopic (exact) mass is 537 g/mol. The smallest absolute Gasteiger partial charge is 0.491 e. The van der Waals surface area contributed by atoms with Crippen LogP contribution in [0, 0.1) is 0 Å². The fourth-order valence-electron chi connectivity index (χ4n) is 2.95. The summed E-state index contributed by atoms with van der Waals surface area (Å²) in [4.78, 5) is 40.6. The Balaban J connectivity index is 1.76. The molecule has 37 heavy (non-hydrogen) atoms. The van der Waals surface area contributed by atoms with E-state index in [0.29, 0.717) is 18.9 Å². The van der Waals surface area contributed by atoms with Crippen LogP contribution < -0.4 is 14.2 Å². The zero-order valence-electron chi connectivity index (χ0n) is 20.0. The molecule has 196 valence electrons. The third kappa shape index (κ3) is 7.29. The first-order valence-electron chi connectivity index (χ1n) is 10.8. The first-order valence-corrected chi connectivity index (χ1v) is 11.7. The van der Waals surface area contributed by atoms with Crippen molar-refractivity contribution in [2.75, 3.05) is 13.7 Å². The van der Waals surface area contributed by atoms with Crippen LogP contribution in [0.15, 0.2) is 53.4 Å². The van der Waals surface area contributed by atoms with Crippen LogP contribution >= 0.6 is 11.3 Å². The summed E-state index contributed by atoms with van der Waals surface area (Å²) in [6.07, 6.45) is -3.36. The largest absolute Gasteiger partial charge is 0.497 e. The lowest BCUT2D eigenvalue weighted by Gasteiger charge is -2.25. The van der Waals surface area contributed by atoms with E-state index in [1.165, 1.54) is 43.6 Å². The van der Waals surface area contributed by atoms with Crippen molar-refractivity contribution in [3.63, 3.8) is 0 Å². The summed E-state index contributed by atoms with van der Waals surface area (Å²) in [6, 6.07) is 9.12. The van der Waals surface area contributed by atoms with Crippen LogP contribution in [0.4, 0.5) is 13.2 Å². The maximum Gasteiger partial charge on any atom is 0.491 e. The Kier molecular flexibility index (Phi) is 8.53. The number of halogens is 3. The molecule has 0 atom stereocenters. The highest BCUT2D eigenvalue weighted by Gasteiger charge is 2.45. The topological polar surface area (TPSA) is 101 Å². The molecule has 0 radical (unpaired) electrons. The molecule has 0 N–H and O–H groups in total. The Hall–Kier alpha value is -3.93. The number of methoxy groups -OCH3 is 1. The van der Waals surface area contributed by atoms with Gasteiger partial charge in [-0.25, -0.2) is 14.6 Å². The number of nitrogens with zero attached hydrogens (tertiary/aromatic N) is 1. The van der Waals surface area contributed by atoms with Crippen molar-refractivity contribution in [2.45, 2.75) is 32.0 Å². The second-order valence-electron chi connectivity index (χ2n) is 8.09. The molecule has 0 aliphatic heterocycles. The fourth-order valence-corrected chi connectivity index (χ4v) is 3.65. The van der Waals surface area contributed by atoms with E-state index in [-0.39, 0.29) is 22.6 Å². The van der Waals surface area contributed by atoms with Gasteiger partial charge >= 0.3 is 18.1 Å². The maximum absolute atomic E-state index is 13.2. The van der Waals surface area contributed by atoms with E-state index < -0.39 is 29.5 Å². The highest BCUT2D eigenvalue weighted by molar-refractivity contribution is 7.07. The number of pyridine rings is 1. The number of ketones is 1. The van der Waals surface area contributed by atoms with Gasteiger partial charge < -0.3 is 18.9 Å². The Bertz CT molecular complexity index is 1260. The molecule has 0 bridgehead atoms. The first kappa shape index (κ1) is 27.7. The van der Waals surface area contributed by atoms with Gasteiger partial charge in [-0.05, 0) is 54.4 Å². The van der Waals surface area contributed by atoms with Gasteiger partial charge in [-0.2, -0.15) is 24.5 Å². The number of esters is 2. The van der Waals surface area contributed by atoms with Crippen LogP contribution in [-0.2, 0) is 20.7 Å². The Labute approximate surface area is 213 Å². The molecule has 0 fully saturated rings. The lowest BCUT2D eigenvalue weighted by atomic mass is 10.0. The van der Waals surface area contributed by atoms with Gasteiger partial charge in [-0.1, -0.05) is 0 Å². The standard InChI is InChI=1S/C25H22F3NO7S/c1-24(2,22(31)35-23(32)25(26,27)28)36-19-12-17(33-3)5-6-18(19)21(30)16-4-7-20(29-13-16)34-10-8-15-9-11-37-14-15/h4-7,9,11-14H,8,10H2,1-3H3. The van der Waals surface area contributed by atoms with Crippen LogP contribution in [0.5, 0.6) is 17.4 Å². The normalized spacial score (nSPS) is 11.5. The SMILES string of the molecule is COc1ccc(C(=O)c2ccc(OCCc3ccsc3)nc2)c(OC(C)(C)C(=O)OC(=O)C(F)(F)F)c1. The Morgan fingerprint density at radius 3 is 2.38 bits per heavy atom. The molecule has 0 unspecified atom stereocenters. The predicted molar refractivity (Wildman–Crippen MR) is 126 cm³/mol. The van der Waals surface area contributed by atoms with Crippen molar-refractivity contribution < 1.29 is 46.5 Å². The van der Waals surface area contributed by atoms with E-state index in [9.17, 15) is 27.6 Å². The van der Waals surface area contributed by atoms with Gasteiger partial charge in [0, 0.05) is 30.3 Å². The van der Waals surface area contributed by atoms with E-state index in [1.807, 2.05) is 16.8 Å². The van der Waals surface area contributed by atoms with Crippen molar-refractivity contribution in [3.05, 3.63) is 70.0 Å². The number of ether oxygens (including phenoxy) is 4. The van der Waals surface area contributed by atoms with E-state index in [2.05, 4.69) is 9.72 Å². The molecular formula is C25H22F3NO7S. The number of benzene rings is 1. The fraction of sp³-hybridized carbons (Fsp3) is 0.280. The minimum absolute atomic E-state index is 0.0308. The van der Waals surface area contributed by atoms with Gasteiger partial charge in [-0.3, -0.25) is 4.79 Å². The molecule has 0 saturated heterocycles. The second kappa shape index (κ2) is 11.4. The van der Waals surface area contributed by atoms with Crippen molar-refractivity contribution in [3.8, 4) is 17.4 Å². The molecule has 3 rings (SSSR count). The first-order chi connectivity index (χ1) is 17.4. The lowest BCUT2D eigenvalue weighted by molar-refractivity contribution is -0.206. The molecule has 2 aromatic heterocycles. The number of hydrogen-bond donors (Lipinski definition) is 0. The van der Waals surface area contributed by atoms with Crippen LogP contribution in [0.2, 0.25) is 0 Å². The number of carbonyl (C=O) groups is 3. The molecule has 0 saturated carbocycles. The number of alkyl halides is 3. The molecule has 1 aromatic carbocycles. The summed E-state index contributed by atoms with van der Waals surface area (Å²) in [5.74, 6) is -4.44. The van der Waals surface area contributed by atoms with Crippen molar-refractivity contribution >= 4 is 29.1 Å². The van der Waals surface area contributed by atoms with Crippen molar-refractivity contribution in [2.24, 2.45) is 0 Å². The minimum Gasteiger partial charge on any atom is -0.497 e. The zero-order valence-corrected chi connectivity index (χ0v) is 20.8.